The number of benzene rings is 2. The minimum atomic E-state index is -0.433. The Morgan fingerprint density at radius 3 is 2.61 bits per heavy atom. The van der Waals surface area contributed by atoms with Crippen LogP contribution in [0.1, 0.15) is 36.5 Å². The van der Waals surface area contributed by atoms with Crippen LogP contribution in [0, 0.1) is 10.1 Å². The molecule has 8 heteroatoms. The zero-order chi connectivity index (χ0) is 20.3. The van der Waals surface area contributed by atoms with Crippen LogP contribution in [-0.2, 0) is 0 Å². The molecule has 0 bridgehead atoms. The molecule has 1 atom stereocenters. The van der Waals surface area contributed by atoms with Crippen molar-refractivity contribution in [3.05, 3.63) is 57.1 Å². The quantitative estimate of drug-likeness (QED) is 0.567. The summed E-state index contributed by atoms with van der Waals surface area (Å²) in [7, 11) is 1.55. The van der Waals surface area contributed by atoms with Crippen molar-refractivity contribution in [2.45, 2.75) is 32.2 Å². The fraction of sp³-hybridized carbons (Fsp3) is 0.350. The molecule has 148 valence electrons. The molecule has 7 nitrogen and oxygen atoms in total. The lowest BCUT2D eigenvalue weighted by Gasteiger charge is -2.35. The molecule has 3 rings (SSSR count). The predicted molar refractivity (Wildman–Crippen MR) is 110 cm³/mol. The highest BCUT2D eigenvalue weighted by Gasteiger charge is 2.27. The van der Waals surface area contributed by atoms with Crippen molar-refractivity contribution in [3.8, 4) is 5.75 Å². The van der Waals surface area contributed by atoms with Crippen molar-refractivity contribution in [1.82, 2.24) is 0 Å². The van der Waals surface area contributed by atoms with E-state index in [9.17, 15) is 14.9 Å². The van der Waals surface area contributed by atoms with Gasteiger partial charge in [-0.2, -0.15) is 0 Å². The van der Waals surface area contributed by atoms with Crippen LogP contribution in [0.5, 0.6) is 5.75 Å². The largest absolute Gasteiger partial charge is 0.497 e. The molecule has 0 unspecified atom stereocenters. The van der Waals surface area contributed by atoms with E-state index in [4.69, 9.17) is 16.3 Å². The van der Waals surface area contributed by atoms with Crippen molar-refractivity contribution in [2.75, 3.05) is 23.9 Å². The maximum atomic E-state index is 12.6. The van der Waals surface area contributed by atoms with E-state index in [1.165, 1.54) is 6.07 Å². The summed E-state index contributed by atoms with van der Waals surface area (Å²) in [5, 5.41) is 14.5. The third-order valence-electron chi connectivity index (χ3n) is 4.97. The van der Waals surface area contributed by atoms with E-state index in [1.807, 2.05) is 11.8 Å². The molecule has 28 heavy (non-hydrogen) atoms. The Bertz CT molecular complexity index is 886. The van der Waals surface area contributed by atoms with Crippen LogP contribution in [0.3, 0.4) is 0 Å². The summed E-state index contributed by atoms with van der Waals surface area (Å²) in [6.45, 7) is 2.78. The number of ether oxygens (including phenoxy) is 1. The number of piperidine rings is 1. The van der Waals surface area contributed by atoms with E-state index in [2.05, 4.69) is 5.32 Å². The van der Waals surface area contributed by atoms with Crippen molar-refractivity contribution in [3.63, 3.8) is 0 Å². The van der Waals surface area contributed by atoms with Gasteiger partial charge in [0.2, 0.25) is 0 Å². The summed E-state index contributed by atoms with van der Waals surface area (Å²) in [6.07, 6.45) is 3.03. The number of hydrogen-bond acceptors (Lipinski definition) is 5. The Labute approximate surface area is 168 Å². The third kappa shape index (κ3) is 4.20. The van der Waals surface area contributed by atoms with Gasteiger partial charge in [0.15, 0.2) is 0 Å². The van der Waals surface area contributed by atoms with Crippen molar-refractivity contribution in [2.24, 2.45) is 0 Å². The molecule has 1 aliphatic rings. The van der Waals surface area contributed by atoms with E-state index >= 15 is 0 Å². The number of halogens is 1. The number of rotatable bonds is 5. The number of hydrogen-bond donors (Lipinski definition) is 1. The van der Waals surface area contributed by atoms with E-state index in [1.54, 1.807) is 37.4 Å². The number of anilines is 2. The topological polar surface area (TPSA) is 84.7 Å². The van der Waals surface area contributed by atoms with Gasteiger partial charge in [0, 0.05) is 24.2 Å². The van der Waals surface area contributed by atoms with Gasteiger partial charge in [-0.25, -0.2) is 0 Å². The van der Waals surface area contributed by atoms with Gasteiger partial charge in [-0.15, -0.1) is 0 Å². The second-order valence-electron chi connectivity index (χ2n) is 6.80. The molecule has 0 radical (unpaired) electrons. The first-order valence-corrected chi connectivity index (χ1v) is 9.48. The minimum Gasteiger partial charge on any atom is -0.497 e. The van der Waals surface area contributed by atoms with Gasteiger partial charge in [-0.1, -0.05) is 11.6 Å². The van der Waals surface area contributed by atoms with Gasteiger partial charge in [-0.3, -0.25) is 14.9 Å². The van der Waals surface area contributed by atoms with Gasteiger partial charge in [-0.05, 0) is 56.5 Å². The first-order valence-electron chi connectivity index (χ1n) is 9.10. The number of methoxy groups -OCH3 is 1. The molecule has 1 amide bonds. The van der Waals surface area contributed by atoms with Crippen molar-refractivity contribution in [1.29, 1.82) is 0 Å². The number of carbonyl (C=O) groups excluding carboxylic acids is 1. The third-order valence-corrected chi connectivity index (χ3v) is 5.29. The second-order valence-corrected chi connectivity index (χ2v) is 7.21. The zero-order valence-electron chi connectivity index (χ0n) is 15.8. The number of nitro benzene ring substituents is 1. The smallest absolute Gasteiger partial charge is 0.294 e. The maximum Gasteiger partial charge on any atom is 0.294 e. The maximum absolute atomic E-state index is 12.6. The SMILES string of the molecule is COc1ccc(C(=O)Nc2cc(N3CCCC[C@H]3C)c([N+](=O)[O-])cc2Cl)cc1. The molecule has 0 saturated carbocycles. The molecule has 1 saturated heterocycles. The Morgan fingerprint density at radius 1 is 1.29 bits per heavy atom. The van der Waals surface area contributed by atoms with E-state index in [-0.39, 0.29) is 22.7 Å². The van der Waals surface area contributed by atoms with E-state index < -0.39 is 4.92 Å². The Morgan fingerprint density at radius 2 is 2.00 bits per heavy atom. The predicted octanol–water partition coefficient (Wildman–Crippen LogP) is 4.89. The van der Waals surface area contributed by atoms with Gasteiger partial charge in [0.25, 0.3) is 11.6 Å². The van der Waals surface area contributed by atoms with Crippen LogP contribution in [0.4, 0.5) is 17.1 Å². The van der Waals surface area contributed by atoms with Gasteiger partial charge < -0.3 is 15.0 Å². The first-order chi connectivity index (χ1) is 13.4. The van der Waals surface area contributed by atoms with Crippen LogP contribution in [-0.4, -0.2) is 30.5 Å². The fourth-order valence-electron chi connectivity index (χ4n) is 3.42. The zero-order valence-corrected chi connectivity index (χ0v) is 16.5. The van der Waals surface area contributed by atoms with Crippen LogP contribution in [0.15, 0.2) is 36.4 Å². The highest BCUT2D eigenvalue weighted by molar-refractivity contribution is 6.34. The molecular weight excluding hydrogens is 382 g/mol. The minimum absolute atomic E-state index is 0.0544. The number of amides is 1. The number of nitro groups is 1. The molecular formula is C20H22ClN3O4. The molecule has 2 aromatic rings. The van der Waals surface area contributed by atoms with E-state index in [0.29, 0.717) is 22.7 Å². The molecule has 1 fully saturated rings. The standard InChI is InChI=1S/C20H22ClN3O4/c1-13-5-3-4-10-23(13)18-12-17(16(21)11-19(18)24(26)27)22-20(25)14-6-8-15(28-2)9-7-14/h6-9,11-13H,3-5,10H2,1-2H3,(H,22,25)/t13-/m1/s1. The second kappa shape index (κ2) is 8.48. The highest BCUT2D eigenvalue weighted by atomic mass is 35.5. The Kier molecular flexibility index (Phi) is 6.04. The van der Waals surface area contributed by atoms with Gasteiger partial charge >= 0.3 is 0 Å². The molecule has 1 aliphatic heterocycles. The highest BCUT2D eigenvalue weighted by Crippen LogP contribution is 2.39. The molecule has 0 aliphatic carbocycles. The molecule has 2 aromatic carbocycles. The summed E-state index contributed by atoms with van der Waals surface area (Å²) in [6, 6.07) is 9.74. The van der Waals surface area contributed by atoms with Crippen LogP contribution >= 0.6 is 11.6 Å². The molecule has 0 aromatic heterocycles. The summed E-state index contributed by atoms with van der Waals surface area (Å²) in [4.78, 5) is 25.7. The fourth-order valence-corrected chi connectivity index (χ4v) is 3.62. The van der Waals surface area contributed by atoms with Crippen LogP contribution < -0.4 is 15.0 Å². The Balaban J connectivity index is 1.93. The lowest BCUT2D eigenvalue weighted by Crippen LogP contribution is -2.37. The molecule has 1 heterocycles. The summed E-state index contributed by atoms with van der Waals surface area (Å²) in [5.41, 5.74) is 1.21. The van der Waals surface area contributed by atoms with Crippen LogP contribution in [0.2, 0.25) is 5.02 Å². The van der Waals surface area contributed by atoms with E-state index in [0.717, 1.165) is 25.8 Å². The number of nitrogens with one attached hydrogen (secondary N) is 1. The lowest BCUT2D eigenvalue weighted by atomic mass is 10.0. The number of carbonyl (C=O) groups is 1. The van der Waals surface area contributed by atoms with Crippen LogP contribution in [0.25, 0.3) is 0 Å². The first kappa shape index (κ1) is 19.9. The molecule has 1 N–H and O–H groups in total. The normalized spacial score (nSPS) is 16.5. The summed E-state index contributed by atoms with van der Waals surface area (Å²) >= 11 is 6.24. The van der Waals surface area contributed by atoms with Gasteiger partial charge in [0.05, 0.1) is 22.7 Å². The summed E-state index contributed by atoms with van der Waals surface area (Å²) < 4.78 is 5.09. The lowest BCUT2D eigenvalue weighted by molar-refractivity contribution is -0.384. The number of nitrogens with zero attached hydrogens (tertiary/aromatic N) is 2. The average molecular weight is 404 g/mol. The monoisotopic (exact) mass is 403 g/mol. The van der Waals surface area contributed by atoms with Crippen molar-refractivity contribution < 1.29 is 14.5 Å². The van der Waals surface area contributed by atoms with Crippen molar-refractivity contribution >= 4 is 34.6 Å². The average Bonchev–Trinajstić information content (AvgIpc) is 2.69. The van der Waals surface area contributed by atoms with Gasteiger partial charge in [0.1, 0.15) is 11.4 Å². The molecule has 0 spiro atoms. The summed E-state index contributed by atoms with van der Waals surface area (Å²) in [5.74, 6) is 0.294. The Hall–Kier alpha value is -2.80.